The Balaban J connectivity index is 2.58. The quantitative estimate of drug-likeness (QED) is 0.816. The van der Waals surface area contributed by atoms with Gasteiger partial charge in [0.25, 0.3) is 0 Å². The second-order valence-corrected chi connectivity index (χ2v) is 5.09. The fourth-order valence-corrected chi connectivity index (χ4v) is 2.29. The monoisotopic (exact) mass is 311 g/mol. The van der Waals surface area contributed by atoms with Crippen LogP contribution in [0.3, 0.4) is 0 Å². The molecule has 0 aliphatic rings. The highest BCUT2D eigenvalue weighted by Gasteiger charge is 2.09. The van der Waals surface area contributed by atoms with E-state index in [9.17, 15) is 9.59 Å². The molecular formula is C13H14BrNO3. The summed E-state index contributed by atoms with van der Waals surface area (Å²) in [5.41, 5.74) is 0.0543. The summed E-state index contributed by atoms with van der Waals surface area (Å²) in [5.74, 6) is -0.578. The van der Waals surface area contributed by atoms with Gasteiger partial charge in [-0.2, -0.15) is 0 Å². The summed E-state index contributed by atoms with van der Waals surface area (Å²) in [7, 11) is 0. The van der Waals surface area contributed by atoms with E-state index >= 15 is 0 Å². The first-order chi connectivity index (χ1) is 8.63. The lowest BCUT2D eigenvalue weighted by molar-refractivity contribution is 0.410. The fraction of sp³-hybridized carbons (Fsp3) is 0.385. The number of hydrogen-bond acceptors (Lipinski definition) is 3. The van der Waals surface area contributed by atoms with Crippen LogP contribution in [0.15, 0.2) is 36.7 Å². The van der Waals surface area contributed by atoms with Crippen LogP contribution in [0.2, 0.25) is 0 Å². The summed E-state index contributed by atoms with van der Waals surface area (Å²) in [6.45, 7) is 2.68. The summed E-state index contributed by atoms with van der Waals surface area (Å²) in [6.07, 6.45) is 3.02. The highest BCUT2D eigenvalue weighted by Crippen LogP contribution is 2.16. The molecule has 0 fully saturated rings. The fourth-order valence-electron chi connectivity index (χ4n) is 1.93. The highest BCUT2D eigenvalue weighted by molar-refractivity contribution is 9.10. The Morgan fingerprint density at radius 1 is 1.28 bits per heavy atom. The number of hydrogen-bond donors (Lipinski definition) is 0. The third-order valence-corrected chi connectivity index (χ3v) is 3.35. The van der Waals surface area contributed by atoms with Crippen LogP contribution in [0.25, 0.3) is 10.9 Å². The van der Waals surface area contributed by atoms with E-state index in [0.717, 1.165) is 23.7 Å². The van der Waals surface area contributed by atoms with Crippen LogP contribution in [0, 0.1) is 0 Å². The molecule has 0 saturated heterocycles. The highest BCUT2D eigenvalue weighted by atomic mass is 79.9. The molecule has 1 aromatic heterocycles. The molecule has 0 aliphatic heterocycles. The van der Waals surface area contributed by atoms with Crippen molar-refractivity contribution in [3.05, 3.63) is 43.6 Å². The number of halogens is 1. The topological polar surface area (TPSA) is 52.2 Å². The van der Waals surface area contributed by atoms with Gasteiger partial charge in [0.1, 0.15) is 0 Å². The minimum atomic E-state index is -0.581. The van der Waals surface area contributed by atoms with E-state index in [1.54, 1.807) is 12.1 Å². The zero-order valence-electron chi connectivity index (χ0n) is 10.1. The SMILES string of the molecule is CCCCCn1c(=O)oc(=O)c2cc(Br)ccc21. The molecule has 18 heavy (non-hydrogen) atoms. The van der Waals surface area contributed by atoms with Gasteiger partial charge in [-0.15, -0.1) is 0 Å². The summed E-state index contributed by atoms with van der Waals surface area (Å²) >= 11 is 3.31. The molecule has 0 atom stereocenters. The third-order valence-electron chi connectivity index (χ3n) is 2.85. The van der Waals surface area contributed by atoms with Crippen molar-refractivity contribution in [1.29, 1.82) is 0 Å². The van der Waals surface area contributed by atoms with E-state index in [4.69, 9.17) is 4.42 Å². The largest absolute Gasteiger partial charge is 0.422 e. The van der Waals surface area contributed by atoms with Crippen molar-refractivity contribution in [3.8, 4) is 0 Å². The molecule has 1 aromatic carbocycles. The molecule has 0 spiro atoms. The number of nitrogens with zero attached hydrogens (tertiary/aromatic N) is 1. The maximum Gasteiger partial charge on any atom is 0.422 e. The van der Waals surface area contributed by atoms with E-state index in [1.165, 1.54) is 4.57 Å². The Kier molecular flexibility index (Phi) is 4.01. The van der Waals surface area contributed by atoms with Crippen LogP contribution in [0.4, 0.5) is 0 Å². The predicted octanol–water partition coefficient (Wildman–Crippen LogP) is 2.91. The number of fused-ring (bicyclic) bond motifs is 1. The minimum absolute atomic E-state index is 0.431. The zero-order valence-corrected chi connectivity index (χ0v) is 11.7. The van der Waals surface area contributed by atoms with Gasteiger partial charge in [-0.05, 0) is 24.6 Å². The molecule has 0 unspecified atom stereocenters. The normalized spacial score (nSPS) is 11.0. The molecule has 0 radical (unpaired) electrons. The zero-order chi connectivity index (χ0) is 13.1. The molecule has 0 amide bonds. The molecule has 5 heteroatoms. The Morgan fingerprint density at radius 3 is 2.78 bits per heavy atom. The van der Waals surface area contributed by atoms with Gasteiger partial charge in [-0.1, -0.05) is 35.7 Å². The molecule has 0 saturated carbocycles. The van der Waals surface area contributed by atoms with Crippen molar-refractivity contribution < 1.29 is 4.42 Å². The lowest BCUT2D eigenvalue weighted by atomic mass is 10.2. The maximum absolute atomic E-state index is 11.7. The van der Waals surface area contributed by atoms with Gasteiger partial charge >= 0.3 is 11.4 Å². The lowest BCUT2D eigenvalue weighted by Crippen LogP contribution is -2.25. The van der Waals surface area contributed by atoms with Crippen LogP contribution >= 0.6 is 15.9 Å². The first-order valence-electron chi connectivity index (χ1n) is 5.96. The number of rotatable bonds is 4. The summed E-state index contributed by atoms with van der Waals surface area (Å²) < 4.78 is 7.06. The number of unbranched alkanes of at least 4 members (excludes halogenated alkanes) is 2. The van der Waals surface area contributed by atoms with Gasteiger partial charge in [-0.25, -0.2) is 9.59 Å². The van der Waals surface area contributed by atoms with Crippen molar-refractivity contribution in [2.24, 2.45) is 0 Å². The van der Waals surface area contributed by atoms with Gasteiger partial charge in [-0.3, -0.25) is 4.57 Å². The van der Waals surface area contributed by atoms with Gasteiger partial charge in [0.15, 0.2) is 0 Å². The number of aryl methyl sites for hydroxylation is 1. The Labute approximate surface area is 112 Å². The summed E-state index contributed by atoms with van der Waals surface area (Å²) in [6, 6.07) is 5.26. The van der Waals surface area contributed by atoms with Crippen molar-refractivity contribution in [2.45, 2.75) is 32.7 Å². The number of benzene rings is 1. The predicted molar refractivity (Wildman–Crippen MR) is 74.0 cm³/mol. The van der Waals surface area contributed by atoms with Crippen molar-refractivity contribution in [2.75, 3.05) is 0 Å². The first-order valence-corrected chi connectivity index (χ1v) is 6.76. The summed E-state index contributed by atoms with van der Waals surface area (Å²) in [4.78, 5) is 23.4. The van der Waals surface area contributed by atoms with Crippen molar-refractivity contribution >= 4 is 26.8 Å². The molecule has 0 N–H and O–H groups in total. The third kappa shape index (κ3) is 2.56. The standard InChI is InChI=1S/C13H14BrNO3/c1-2-3-4-7-15-11-6-5-9(14)8-10(11)12(16)18-13(15)17/h5-6,8H,2-4,7H2,1H3. The minimum Gasteiger partial charge on any atom is -0.372 e. The van der Waals surface area contributed by atoms with Crippen LogP contribution in [-0.4, -0.2) is 4.57 Å². The molecule has 0 aliphatic carbocycles. The van der Waals surface area contributed by atoms with Gasteiger partial charge in [0.2, 0.25) is 0 Å². The molecule has 2 aromatic rings. The average Bonchev–Trinajstić information content (AvgIpc) is 2.34. The van der Waals surface area contributed by atoms with E-state index < -0.39 is 11.4 Å². The van der Waals surface area contributed by atoms with Gasteiger partial charge < -0.3 is 4.42 Å². The average molecular weight is 312 g/mol. The van der Waals surface area contributed by atoms with E-state index in [1.807, 2.05) is 6.07 Å². The van der Waals surface area contributed by atoms with Crippen molar-refractivity contribution in [3.63, 3.8) is 0 Å². The molecule has 96 valence electrons. The molecule has 0 bridgehead atoms. The van der Waals surface area contributed by atoms with Crippen LogP contribution < -0.4 is 11.4 Å². The Morgan fingerprint density at radius 2 is 2.06 bits per heavy atom. The van der Waals surface area contributed by atoms with Gasteiger partial charge in [0.05, 0.1) is 10.9 Å². The molecular weight excluding hydrogens is 298 g/mol. The molecule has 2 rings (SSSR count). The summed E-state index contributed by atoms with van der Waals surface area (Å²) in [5, 5.41) is 0.431. The van der Waals surface area contributed by atoms with E-state index in [2.05, 4.69) is 22.9 Å². The van der Waals surface area contributed by atoms with Crippen LogP contribution in [0.1, 0.15) is 26.2 Å². The molecule has 1 heterocycles. The lowest BCUT2D eigenvalue weighted by Gasteiger charge is -2.07. The first kappa shape index (κ1) is 13.1. The maximum atomic E-state index is 11.7. The second kappa shape index (κ2) is 5.52. The Bertz CT molecular complexity index is 672. The Hall–Kier alpha value is -1.36. The number of aromatic nitrogens is 1. The van der Waals surface area contributed by atoms with E-state index in [0.29, 0.717) is 17.4 Å². The van der Waals surface area contributed by atoms with Gasteiger partial charge in [0, 0.05) is 11.0 Å². The molecule has 4 nitrogen and oxygen atoms in total. The van der Waals surface area contributed by atoms with E-state index in [-0.39, 0.29) is 0 Å². The van der Waals surface area contributed by atoms with Crippen molar-refractivity contribution in [1.82, 2.24) is 4.57 Å². The van der Waals surface area contributed by atoms with Crippen LogP contribution in [0.5, 0.6) is 0 Å². The van der Waals surface area contributed by atoms with Crippen LogP contribution in [-0.2, 0) is 6.54 Å². The second-order valence-electron chi connectivity index (χ2n) is 4.18. The smallest absolute Gasteiger partial charge is 0.372 e.